The van der Waals surface area contributed by atoms with Gasteiger partial charge >= 0.3 is 0 Å². The third-order valence-corrected chi connectivity index (χ3v) is 4.44. The van der Waals surface area contributed by atoms with Crippen molar-refractivity contribution < 1.29 is 4.79 Å². The number of thiazole rings is 1. The van der Waals surface area contributed by atoms with Gasteiger partial charge in [-0.15, -0.1) is 11.3 Å². The summed E-state index contributed by atoms with van der Waals surface area (Å²) in [7, 11) is 0. The fourth-order valence-corrected chi connectivity index (χ4v) is 2.83. The monoisotopic (exact) mass is 314 g/mol. The minimum Gasteiger partial charge on any atom is -0.350 e. The van der Waals surface area contributed by atoms with Gasteiger partial charge in [0.1, 0.15) is 10.8 Å². The molecule has 6 heteroatoms. The Labute approximate surface area is 132 Å². The number of benzene rings is 1. The molecule has 0 saturated heterocycles. The minimum atomic E-state index is 0.0167. The molecule has 1 aromatic carbocycles. The van der Waals surface area contributed by atoms with Crippen LogP contribution in [0.2, 0.25) is 0 Å². The van der Waals surface area contributed by atoms with E-state index in [1.165, 1.54) is 11.1 Å². The molecule has 0 unspecified atom stereocenters. The van der Waals surface area contributed by atoms with Crippen molar-refractivity contribution >= 4 is 28.3 Å². The third kappa shape index (κ3) is 3.33. The average Bonchev–Trinajstić information content (AvgIpc) is 3.13. The highest BCUT2D eigenvalue weighted by Crippen LogP contribution is 2.17. The number of aromatic nitrogens is 3. The van der Waals surface area contributed by atoms with Crippen LogP contribution in [0.25, 0.3) is 11.0 Å². The zero-order chi connectivity index (χ0) is 15.5. The summed E-state index contributed by atoms with van der Waals surface area (Å²) >= 11 is 1.54. The number of H-pyrrole nitrogens is 1. The lowest BCUT2D eigenvalue weighted by atomic mass is 10.1. The van der Waals surface area contributed by atoms with Gasteiger partial charge in [0.05, 0.1) is 17.6 Å². The van der Waals surface area contributed by atoms with Crippen LogP contribution in [0.5, 0.6) is 0 Å². The molecule has 0 aliphatic heterocycles. The van der Waals surface area contributed by atoms with Crippen LogP contribution in [-0.2, 0) is 17.8 Å². The molecule has 3 rings (SSSR count). The van der Waals surface area contributed by atoms with Gasteiger partial charge in [-0.1, -0.05) is 0 Å². The Morgan fingerprint density at radius 2 is 2.14 bits per heavy atom. The van der Waals surface area contributed by atoms with E-state index in [2.05, 4.69) is 46.2 Å². The quantitative estimate of drug-likeness (QED) is 0.760. The van der Waals surface area contributed by atoms with E-state index in [0.717, 1.165) is 21.9 Å². The summed E-state index contributed by atoms with van der Waals surface area (Å²) in [5, 5.41) is 5.70. The molecular formula is C16H18N4OS. The largest absolute Gasteiger partial charge is 0.350 e. The van der Waals surface area contributed by atoms with Crippen LogP contribution < -0.4 is 5.32 Å². The van der Waals surface area contributed by atoms with Crippen LogP contribution in [0.4, 0.5) is 0 Å². The predicted molar refractivity (Wildman–Crippen MR) is 87.8 cm³/mol. The van der Waals surface area contributed by atoms with Gasteiger partial charge in [0, 0.05) is 24.4 Å². The van der Waals surface area contributed by atoms with Crippen molar-refractivity contribution in [2.45, 2.75) is 33.2 Å². The van der Waals surface area contributed by atoms with E-state index >= 15 is 0 Å². The first-order valence-corrected chi connectivity index (χ1v) is 8.10. The summed E-state index contributed by atoms with van der Waals surface area (Å²) in [5.41, 5.74) is 4.46. The SMILES string of the molecule is Cc1cc2nc(CCC(=O)NCc3nccs3)[nH]c2cc1C. The lowest BCUT2D eigenvalue weighted by Gasteiger charge is -2.01. The minimum absolute atomic E-state index is 0.0167. The van der Waals surface area contributed by atoms with Gasteiger partial charge in [0.2, 0.25) is 5.91 Å². The van der Waals surface area contributed by atoms with E-state index in [9.17, 15) is 4.79 Å². The number of carbonyl (C=O) groups excluding carboxylic acids is 1. The van der Waals surface area contributed by atoms with Gasteiger partial charge < -0.3 is 10.3 Å². The first-order valence-electron chi connectivity index (χ1n) is 7.23. The first kappa shape index (κ1) is 14.7. The van der Waals surface area contributed by atoms with Crippen LogP contribution in [0.1, 0.15) is 28.4 Å². The molecule has 0 aliphatic rings. The summed E-state index contributed by atoms with van der Waals surface area (Å²) in [5.74, 6) is 0.868. The maximum atomic E-state index is 11.9. The Kier molecular flexibility index (Phi) is 4.20. The second-order valence-corrected chi connectivity index (χ2v) is 6.32. The summed E-state index contributed by atoms with van der Waals surface area (Å²) in [6, 6.07) is 4.18. The number of aryl methyl sites for hydroxylation is 3. The number of aromatic amines is 1. The highest BCUT2D eigenvalue weighted by atomic mass is 32.1. The zero-order valence-corrected chi connectivity index (χ0v) is 13.5. The summed E-state index contributed by atoms with van der Waals surface area (Å²) in [4.78, 5) is 23.8. The fourth-order valence-electron chi connectivity index (χ4n) is 2.28. The zero-order valence-electron chi connectivity index (χ0n) is 12.6. The smallest absolute Gasteiger partial charge is 0.220 e. The Morgan fingerprint density at radius 1 is 1.32 bits per heavy atom. The summed E-state index contributed by atoms with van der Waals surface area (Å²) in [6.07, 6.45) is 2.77. The van der Waals surface area contributed by atoms with Crippen molar-refractivity contribution in [3.8, 4) is 0 Å². The molecular weight excluding hydrogens is 296 g/mol. The number of amides is 1. The molecule has 0 spiro atoms. The highest BCUT2D eigenvalue weighted by molar-refractivity contribution is 7.09. The lowest BCUT2D eigenvalue weighted by Crippen LogP contribution is -2.23. The maximum absolute atomic E-state index is 11.9. The lowest BCUT2D eigenvalue weighted by molar-refractivity contribution is -0.121. The van der Waals surface area contributed by atoms with Gasteiger partial charge in [-0.25, -0.2) is 9.97 Å². The number of nitrogens with zero attached hydrogens (tertiary/aromatic N) is 2. The number of hydrogen-bond acceptors (Lipinski definition) is 4. The van der Waals surface area contributed by atoms with Gasteiger partial charge in [0.15, 0.2) is 0 Å². The van der Waals surface area contributed by atoms with E-state index in [1.807, 2.05) is 5.38 Å². The molecule has 5 nitrogen and oxygen atoms in total. The number of imidazole rings is 1. The van der Waals surface area contributed by atoms with Crippen molar-refractivity contribution in [1.29, 1.82) is 0 Å². The molecule has 114 valence electrons. The Balaban J connectivity index is 1.58. The van der Waals surface area contributed by atoms with E-state index in [4.69, 9.17) is 0 Å². The Bertz CT molecular complexity index is 753. The molecule has 0 bridgehead atoms. The number of carbonyl (C=O) groups is 1. The van der Waals surface area contributed by atoms with Crippen molar-refractivity contribution in [2.24, 2.45) is 0 Å². The first-order chi connectivity index (χ1) is 10.6. The van der Waals surface area contributed by atoms with Gasteiger partial charge in [-0.2, -0.15) is 0 Å². The molecule has 2 heterocycles. The highest BCUT2D eigenvalue weighted by Gasteiger charge is 2.08. The second kappa shape index (κ2) is 6.27. The predicted octanol–water partition coefficient (Wildman–Crippen LogP) is 2.89. The van der Waals surface area contributed by atoms with E-state index in [-0.39, 0.29) is 5.91 Å². The molecule has 22 heavy (non-hydrogen) atoms. The maximum Gasteiger partial charge on any atom is 0.220 e. The van der Waals surface area contributed by atoms with Crippen molar-refractivity contribution in [3.63, 3.8) is 0 Å². The normalized spacial score (nSPS) is 11.0. The molecule has 0 aliphatic carbocycles. The van der Waals surface area contributed by atoms with Crippen LogP contribution in [0.15, 0.2) is 23.7 Å². The van der Waals surface area contributed by atoms with E-state index in [1.54, 1.807) is 17.5 Å². The van der Waals surface area contributed by atoms with Crippen molar-refractivity contribution in [3.05, 3.63) is 45.7 Å². The molecule has 0 radical (unpaired) electrons. The topological polar surface area (TPSA) is 70.7 Å². The molecule has 2 aromatic heterocycles. The molecule has 0 saturated carbocycles. The number of hydrogen-bond donors (Lipinski definition) is 2. The number of nitrogens with one attached hydrogen (secondary N) is 2. The van der Waals surface area contributed by atoms with Gasteiger partial charge in [-0.05, 0) is 37.1 Å². The van der Waals surface area contributed by atoms with Crippen molar-refractivity contribution in [2.75, 3.05) is 0 Å². The van der Waals surface area contributed by atoms with Crippen LogP contribution in [-0.4, -0.2) is 20.9 Å². The summed E-state index contributed by atoms with van der Waals surface area (Å²) < 4.78 is 0. The van der Waals surface area contributed by atoms with Gasteiger partial charge in [0.25, 0.3) is 0 Å². The summed E-state index contributed by atoms with van der Waals surface area (Å²) in [6.45, 7) is 4.66. The van der Waals surface area contributed by atoms with Gasteiger partial charge in [-0.3, -0.25) is 4.79 Å². The second-order valence-electron chi connectivity index (χ2n) is 5.34. The molecule has 0 atom stereocenters. The molecule has 0 fully saturated rings. The van der Waals surface area contributed by atoms with Crippen molar-refractivity contribution in [1.82, 2.24) is 20.3 Å². The molecule has 2 N–H and O–H groups in total. The Morgan fingerprint density at radius 3 is 2.91 bits per heavy atom. The third-order valence-electron chi connectivity index (χ3n) is 3.66. The molecule has 1 amide bonds. The Hall–Kier alpha value is -2.21. The van der Waals surface area contributed by atoms with Crippen LogP contribution in [0, 0.1) is 13.8 Å². The van der Waals surface area contributed by atoms with E-state index in [0.29, 0.717) is 19.4 Å². The average molecular weight is 314 g/mol. The fraction of sp³-hybridized carbons (Fsp3) is 0.312. The molecule has 3 aromatic rings. The standard InChI is InChI=1S/C16H18N4OS/c1-10-7-12-13(8-11(10)2)20-14(19-12)3-4-15(21)18-9-16-17-5-6-22-16/h5-8H,3-4,9H2,1-2H3,(H,18,21)(H,19,20). The van der Waals surface area contributed by atoms with E-state index < -0.39 is 0 Å². The number of rotatable bonds is 5. The number of fused-ring (bicyclic) bond motifs is 1. The van der Waals surface area contributed by atoms with Crippen LogP contribution >= 0.6 is 11.3 Å². The van der Waals surface area contributed by atoms with Crippen LogP contribution in [0.3, 0.4) is 0 Å².